The molecule has 0 saturated heterocycles. The lowest BCUT2D eigenvalue weighted by molar-refractivity contribution is -0.372. The van der Waals surface area contributed by atoms with Crippen LogP contribution in [0.3, 0.4) is 0 Å². The van der Waals surface area contributed by atoms with Crippen molar-refractivity contribution < 1.29 is 4.98 Å². The minimum Gasteiger partial charge on any atom is -0.273 e. The number of pyridine rings is 1. The number of hydrogen-bond donors (Lipinski definition) is 1. The maximum atomic E-state index is 9.42. The van der Waals surface area contributed by atoms with Crippen molar-refractivity contribution in [3.8, 4) is 6.07 Å². The predicted molar refractivity (Wildman–Crippen MR) is 72.4 cm³/mol. The van der Waals surface area contributed by atoms with Crippen molar-refractivity contribution >= 4 is 5.82 Å². The first-order valence-corrected chi connectivity index (χ1v) is 6.85. The molecule has 1 heterocycles. The molecule has 1 aliphatic carbocycles. The van der Waals surface area contributed by atoms with Crippen molar-refractivity contribution in [2.75, 3.05) is 11.9 Å². The number of nitrogens with zero attached hydrogens (tertiary/aromatic N) is 1. The Bertz CT molecular complexity index is 483. The molecule has 0 spiro atoms. The fourth-order valence-corrected chi connectivity index (χ4v) is 2.63. The molecule has 2 rings (SSSR count). The van der Waals surface area contributed by atoms with Gasteiger partial charge in [-0.25, -0.2) is 4.98 Å². The summed E-state index contributed by atoms with van der Waals surface area (Å²) in [5.41, 5.74) is 4.69. The van der Waals surface area contributed by atoms with E-state index in [0.29, 0.717) is 5.92 Å². The molecule has 3 nitrogen and oxygen atoms in total. The molecular weight excluding hydrogens is 222 g/mol. The average molecular weight is 244 g/mol. The molecule has 0 bridgehead atoms. The highest BCUT2D eigenvalue weighted by Crippen LogP contribution is 2.28. The number of rotatable bonds is 3. The highest BCUT2D eigenvalue weighted by Gasteiger charge is 2.23. The van der Waals surface area contributed by atoms with E-state index in [1.807, 2.05) is 0 Å². The smallest absolute Gasteiger partial charge is 0.273 e. The summed E-state index contributed by atoms with van der Waals surface area (Å²) in [4.78, 5) is 3.38. The Morgan fingerprint density at radius 1 is 1.28 bits per heavy atom. The fraction of sp³-hybridized carbons (Fsp3) is 0.600. The average Bonchev–Trinajstić information content (AvgIpc) is 2.36. The van der Waals surface area contributed by atoms with E-state index in [2.05, 4.69) is 37.1 Å². The molecule has 0 saturated carbocycles. The molecule has 2 N–H and O–H groups in total. The molecule has 0 atom stereocenters. The molecule has 96 valence electrons. The summed E-state index contributed by atoms with van der Waals surface area (Å²) in [6.45, 7) is 7.35. The maximum absolute atomic E-state index is 9.42. The summed E-state index contributed by atoms with van der Waals surface area (Å²) >= 11 is 0. The topological polar surface area (TPSA) is 50.0 Å². The third-order valence-corrected chi connectivity index (χ3v) is 3.58. The van der Waals surface area contributed by atoms with Crippen LogP contribution in [-0.4, -0.2) is 6.54 Å². The van der Waals surface area contributed by atoms with Crippen LogP contribution < -0.4 is 10.3 Å². The second-order valence-corrected chi connectivity index (χ2v) is 5.55. The SMILES string of the molecule is Cc1[nH+]c(NCC(C)C)c(C#N)c2c1CCCC2. The van der Waals surface area contributed by atoms with Gasteiger partial charge < -0.3 is 0 Å². The third-order valence-electron chi connectivity index (χ3n) is 3.58. The molecule has 0 unspecified atom stereocenters. The van der Waals surface area contributed by atoms with Gasteiger partial charge in [0.25, 0.3) is 5.82 Å². The van der Waals surface area contributed by atoms with Crippen LogP contribution in [0.25, 0.3) is 0 Å². The Balaban J connectivity index is 2.41. The van der Waals surface area contributed by atoms with Crippen molar-refractivity contribution in [2.45, 2.75) is 46.5 Å². The zero-order valence-corrected chi connectivity index (χ0v) is 11.6. The summed E-state index contributed by atoms with van der Waals surface area (Å²) in [7, 11) is 0. The highest BCUT2D eigenvalue weighted by molar-refractivity contribution is 5.56. The minimum atomic E-state index is 0.571. The predicted octanol–water partition coefficient (Wildman–Crippen LogP) is 2.63. The number of nitrogens with one attached hydrogen (secondary N) is 2. The molecule has 1 aliphatic rings. The van der Waals surface area contributed by atoms with Gasteiger partial charge in [0.15, 0.2) is 0 Å². The third kappa shape index (κ3) is 2.48. The Kier molecular flexibility index (Phi) is 3.86. The van der Waals surface area contributed by atoms with Crippen LogP contribution in [0.4, 0.5) is 5.82 Å². The summed E-state index contributed by atoms with van der Waals surface area (Å²) in [5, 5.41) is 12.8. The Labute approximate surface area is 109 Å². The van der Waals surface area contributed by atoms with E-state index in [1.165, 1.54) is 29.7 Å². The number of nitriles is 1. The minimum absolute atomic E-state index is 0.571. The van der Waals surface area contributed by atoms with E-state index in [0.717, 1.165) is 30.8 Å². The summed E-state index contributed by atoms with van der Waals surface area (Å²) < 4.78 is 0. The molecule has 1 aromatic rings. The van der Waals surface area contributed by atoms with Gasteiger partial charge >= 0.3 is 0 Å². The first kappa shape index (κ1) is 12.9. The lowest BCUT2D eigenvalue weighted by atomic mass is 9.88. The van der Waals surface area contributed by atoms with Crippen LogP contribution in [0.2, 0.25) is 0 Å². The van der Waals surface area contributed by atoms with E-state index >= 15 is 0 Å². The summed E-state index contributed by atoms with van der Waals surface area (Å²) in [5.74, 6) is 1.48. The molecule has 3 heteroatoms. The molecule has 0 fully saturated rings. The standard InChI is InChI=1S/C15H21N3/c1-10(2)9-17-15-14(8-16)13-7-5-4-6-12(13)11(3)18-15/h10H,4-7,9H2,1-3H3,(H,17,18)/p+1. The van der Waals surface area contributed by atoms with Crippen LogP contribution >= 0.6 is 0 Å². The molecular formula is C15H22N3+. The fourth-order valence-electron chi connectivity index (χ4n) is 2.63. The number of aryl methyl sites for hydroxylation is 1. The number of H-pyrrole nitrogens is 1. The van der Waals surface area contributed by atoms with Gasteiger partial charge in [0.1, 0.15) is 17.3 Å². The number of fused-ring (bicyclic) bond motifs is 1. The van der Waals surface area contributed by atoms with Gasteiger partial charge in [-0.05, 0) is 49.7 Å². The monoisotopic (exact) mass is 244 g/mol. The van der Waals surface area contributed by atoms with Gasteiger partial charge in [0.2, 0.25) is 0 Å². The Hall–Kier alpha value is -1.56. The van der Waals surface area contributed by atoms with Gasteiger partial charge in [0, 0.05) is 0 Å². The van der Waals surface area contributed by atoms with Crippen molar-refractivity contribution in [3.05, 3.63) is 22.4 Å². The maximum Gasteiger partial charge on any atom is 0.290 e. The summed E-state index contributed by atoms with van der Waals surface area (Å²) in [6.07, 6.45) is 4.60. The van der Waals surface area contributed by atoms with Crippen LogP contribution in [0, 0.1) is 24.2 Å². The summed E-state index contributed by atoms with van der Waals surface area (Å²) in [6, 6.07) is 2.38. The van der Waals surface area contributed by atoms with Crippen molar-refractivity contribution in [2.24, 2.45) is 5.92 Å². The Morgan fingerprint density at radius 2 is 1.94 bits per heavy atom. The molecule has 0 aromatic carbocycles. The van der Waals surface area contributed by atoms with Crippen LogP contribution in [0.5, 0.6) is 0 Å². The zero-order chi connectivity index (χ0) is 13.1. The zero-order valence-electron chi connectivity index (χ0n) is 11.6. The van der Waals surface area contributed by atoms with Gasteiger partial charge in [-0.3, -0.25) is 5.32 Å². The first-order chi connectivity index (χ1) is 8.63. The van der Waals surface area contributed by atoms with Crippen LogP contribution in [-0.2, 0) is 12.8 Å². The quantitative estimate of drug-likeness (QED) is 0.888. The number of aromatic amines is 1. The van der Waals surface area contributed by atoms with Gasteiger partial charge in [-0.2, -0.15) is 5.26 Å². The van der Waals surface area contributed by atoms with E-state index in [9.17, 15) is 5.26 Å². The van der Waals surface area contributed by atoms with Crippen molar-refractivity contribution in [3.63, 3.8) is 0 Å². The van der Waals surface area contributed by atoms with Crippen LogP contribution in [0.1, 0.15) is 49.1 Å². The molecule has 18 heavy (non-hydrogen) atoms. The van der Waals surface area contributed by atoms with Gasteiger partial charge in [-0.15, -0.1) is 0 Å². The highest BCUT2D eigenvalue weighted by atomic mass is 15.0. The second kappa shape index (κ2) is 5.39. The van der Waals surface area contributed by atoms with Crippen molar-refractivity contribution in [1.82, 2.24) is 0 Å². The Morgan fingerprint density at radius 3 is 2.56 bits per heavy atom. The molecule has 0 radical (unpaired) electrons. The van der Waals surface area contributed by atoms with E-state index < -0.39 is 0 Å². The van der Waals surface area contributed by atoms with E-state index in [4.69, 9.17) is 0 Å². The van der Waals surface area contributed by atoms with Crippen molar-refractivity contribution in [1.29, 1.82) is 5.26 Å². The molecule has 0 aliphatic heterocycles. The number of aromatic nitrogens is 1. The molecule has 1 aromatic heterocycles. The van der Waals surface area contributed by atoms with Gasteiger partial charge in [-0.1, -0.05) is 13.8 Å². The van der Waals surface area contributed by atoms with E-state index in [1.54, 1.807) is 0 Å². The second-order valence-electron chi connectivity index (χ2n) is 5.55. The normalized spacial score (nSPS) is 14.2. The molecule has 0 amide bonds. The lowest BCUT2D eigenvalue weighted by Gasteiger charge is -2.18. The largest absolute Gasteiger partial charge is 0.290 e. The number of anilines is 1. The van der Waals surface area contributed by atoms with Gasteiger partial charge in [0.05, 0.1) is 6.54 Å². The van der Waals surface area contributed by atoms with E-state index in [-0.39, 0.29) is 0 Å². The number of hydrogen-bond acceptors (Lipinski definition) is 2. The first-order valence-electron chi connectivity index (χ1n) is 6.85. The van der Waals surface area contributed by atoms with Crippen LogP contribution in [0.15, 0.2) is 0 Å². The lowest BCUT2D eigenvalue weighted by Crippen LogP contribution is -2.25.